The molecule has 90 valence electrons. The quantitative estimate of drug-likeness (QED) is 0.607. The highest BCUT2D eigenvalue weighted by atomic mass is 32.2. The first kappa shape index (κ1) is 12.2. The highest BCUT2D eigenvalue weighted by Crippen LogP contribution is 2.31. The Balaban J connectivity index is 2.59. The van der Waals surface area contributed by atoms with Gasteiger partial charge in [-0.3, -0.25) is 0 Å². The molecule has 17 heavy (non-hydrogen) atoms. The zero-order valence-corrected chi connectivity index (χ0v) is 11.1. The molecule has 0 bridgehead atoms. The first-order chi connectivity index (χ1) is 8.10. The van der Waals surface area contributed by atoms with E-state index in [-0.39, 0.29) is 5.63 Å². The Morgan fingerprint density at radius 2 is 2.12 bits per heavy atom. The molecule has 0 N–H and O–H groups in total. The minimum atomic E-state index is -0.271. The molecule has 0 aliphatic carbocycles. The number of fused-ring (bicyclic) bond motifs is 1. The first-order valence-corrected chi connectivity index (χ1v) is 6.69. The number of hydrogen-bond acceptors (Lipinski definition) is 3. The molecule has 2 rings (SSSR count). The maximum atomic E-state index is 11.5. The lowest BCUT2D eigenvalue weighted by Gasteiger charge is -2.10. The molecule has 0 aliphatic heterocycles. The van der Waals surface area contributed by atoms with Crippen LogP contribution in [0.3, 0.4) is 0 Å². The first-order valence-electron chi connectivity index (χ1n) is 5.81. The van der Waals surface area contributed by atoms with Crippen molar-refractivity contribution in [2.75, 3.05) is 0 Å². The highest BCUT2D eigenvalue weighted by molar-refractivity contribution is 8.00. The molecule has 0 saturated heterocycles. The summed E-state index contributed by atoms with van der Waals surface area (Å²) in [7, 11) is 0. The molecular weight excluding hydrogens is 232 g/mol. The van der Waals surface area contributed by atoms with E-state index in [1.165, 1.54) is 5.56 Å². The fourth-order valence-electron chi connectivity index (χ4n) is 1.65. The number of hydrogen-bond donors (Lipinski definition) is 0. The smallest absolute Gasteiger partial charge is 0.337 e. The van der Waals surface area contributed by atoms with Crippen LogP contribution in [-0.4, -0.2) is 5.25 Å². The van der Waals surface area contributed by atoms with Crippen molar-refractivity contribution in [3.63, 3.8) is 0 Å². The molecule has 2 aromatic rings. The predicted octanol–water partition coefficient (Wildman–Crippen LogP) is 3.99. The lowest BCUT2D eigenvalue weighted by molar-refractivity contribution is 0.557. The monoisotopic (exact) mass is 248 g/mol. The van der Waals surface area contributed by atoms with E-state index in [1.54, 1.807) is 17.8 Å². The summed E-state index contributed by atoms with van der Waals surface area (Å²) in [5.74, 6) is 0. The minimum absolute atomic E-state index is 0.271. The van der Waals surface area contributed by atoms with E-state index in [2.05, 4.69) is 19.9 Å². The number of thioether (sulfide) groups is 1. The van der Waals surface area contributed by atoms with Gasteiger partial charge in [0.1, 0.15) is 5.58 Å². The molecule has 0 saturated carbocycles. The van der Waals surface area contributed by atoms with E-state index < -0.39 is 0 Å². The van der Waals surface area contributed by atoms with Gasteiger partial charge in [-0.15, -0.1) is 11.8 Å². The summed E-state index contributed by atoms with van der Waals surface area (Å²) in [5, 5.41) is 1.54. The van der Waals surface area contributed by atoms with Crippen molar-refractivity contribution in [1.29, 1.82) is 0 Å². The SMILES string of the molecule is CCC(C)Sc1cc(=O)oc2ccc(C)cc12. The molecule has 0 radical (unpaired) electrons. The van der Waals surface area contributed by atoms with Gasteiger partial charge in [-0.05, 0) is 25.5 Å². The minimum Gasteiger partial charge on any atom is -0.423 e. The van der Waals surface area contributed by atoms with Crippen molar-refractivity contribution in [1.82, 2.24) is 0 Å². The normalized spacial score (nSPS) is 12.9. The van der Waals surface area contributed by atoms with E-state index in [1.807, 2.05) is 19.1 Å². The van der Waals surface area contributed by atoms with Crippen LogP contribution in [0.25, 0.3) is 11.0 Å². The van der Waals surface area contributed by atoms with Crippen LogP contribution in [0, 0.1) is 6.92 Å². The third kappa shape index (κ3) is 2.72. The van der Waals surface area contributed by atoms with E-state index in [4.69, 9.17) is 4.42 Å². The number of benzene rings is 1. The van der Waals surface area contributed by atoms with Crippen LogP contribution in [-0.2, 0) is 0 Å². The van der Waals surface area contributed by atoms with Crippen molar-refractivity contribution in [3.8, 4) is 0 Å². The molecule has 0 amide bonds. The number of rotatable bonds is 3. The van der Waals surface area contributed by atoms with Gasteiger partial charge in [0, 0.05) is 21.6 Å². The van der Waals surface area contributed by atoms with Gasteiger partial charge >= 0.3 is 5.63 Å². The van der Waals surface area contributed by atoms with Crippen molar-refractivity contribution < 1.29 is 4.42 Å². The standard InChI is InChI=1S/C14H16O2S/c1-4-10(3)17-13-8-14(15)16-12-6-5-9(2)7-11(12)13/h5-8,10H,4H2,1-3H3. The summed E-state index contributed by atoms with van der Waals surface area (Å²) in [6.07, 6.45) is 1.08. The molecule has 0 aliphatic rings. The third-order valence-corrected chi connectivity index (χ3v) is 4.09. The maximum Gasteiger partial charge on any atom is 0.337 e. The van der Waals surface area contributed by atoms with Crippen molar-refractivity contribution in [2.24, 2.45) is 0 Å². The van der Waals surface area contributed by atoms with E-state index in [0.29, 0.717) is 10.8 Å². The summed E-state index contributed by atoms with van der Waals surface area (Å²) < 4.78 is 5.20. The van der Waals surface area contributed by atoms with Gasteiger partial charge in [-0.2, -0.15) is 0 Å². The molecule has 1 unspecified atom stereocenters. The molecule has 0 fully saturated rings. The second-order valence-corrected chi connectivity index (χ2v) is 5.75. The van der Waals surface area contributed by atoms with Gasteiger partial charge in [0.25, 0.3) is 0 Å². The Labute approximate surface area is 105 Å². The fourth-order valence-corrected chi connectivity index (χ4v) is 2.70. The molecular formula is C14H16O2S. The average Bonchev–Trinajstić information content (AvgIpc) is 2.29. The Morgan fingerprint density at radius 1 is 1.35 bits per heavy atom. The van der Waals surface area contributed by atoms with Crippen LogP contribution in [0.5, 0.6) is 0 Å². The molecule has 1 aromatic heterocycles. The third-order valence-electron chi connectivity index (χ3n) is 2.76. The van der Waals surface area contributed by atoms with Gasteiger partial charge in [0.15, 0.2) is 0 Å². The van der Waals surface area contributed by atoms with Crippen LogP contribution in [0.2, 0.25) is 0 Å². The van der Waals surface area contributed by atoms with Gasteiger partial charge in [0.2, 0.25) is 0 Å². The summed E-state index contributed by atoms with van der Waals surface area (Å²) in [4.78, 5) is 12.5. The lowest BCUT2D eigenvalue weighted by Crippen LogP contribution is -2.00. The van der Waals surface area contributed by atoms with Crippen LogP contribution in [0.15, 0.2) is 38.4 Å². The number of aryl methyl sites for hydroxylation is 1. The van der Waals surface area contributed by atoms with Crippen LogP contribution >= 0.6 is 11.8 Å². The zero-order valence-electron chi connectivity index (χ0n) is 10.3. The topological polar surface area (TPSA) is 30.2 Å². The lowest BCUT2D eigenvalue weighted by atomic mass is 10.2. The Bertz CT molecular complexity index is 586. The van der Waals surface area contributed by atoms with Crippen LogP contribution in [0.1, 0.15) is 25.8 Å². The fraction of sp³-hybridized carbons (Fsp3) is 0.357. The second-order valence-electron chi connectivity index (χ2n) is 4.27. The van der Waals surface area contributed by atoms with Crippen molar-refractivity contribution in [3.05, 3.63) is 40.2 Å². The van der Waals surface area contributed by atoms with Crippen molar-refractivity contribution in [2.45, 2.75) is 37.3 Å². The highest BCUT2D eigenvalue weighted by Gasteiger charge is 2.09. The van der Waals surface area contributed by atoms with Crippen LogP contribution in [0.4, 0.5) is 0 Å². The molecule has 2 nitrogen and oxygen atoms in total. The summed E-state index contributed by atoms with van der Waals surface area (Å²) in [6, 6.07) is 7.50. The predicted molar refractivity (Wildman–Crippen MR) is 72.8 cm³/mol. The zero-order chi connectivity index (χ0) is 12.4. The van der Waals surface area contributed by atoms with E-state index >= 15 is 0 Å². The molecule has 1 atom stereocenters. The molecule has 1 aromatic carbocycles. The van der Waals surface area contributed by atoms with Gasteiger partial charge in [-0.25, -0.2) is 4.79 Å². The largest absolute Gasteiger partial charge is 0.423 e. The summed E-state index contributed by atoms with van der Waals surface area (Å²) in [5.41, 5.74) is 1.58. The van der Waals surface area contributed by atoms with Gasteiger partial charge < -0.3 is 4.42 Å². The van der Waals surface area contributed by atoms with Crippen LogP contribution < -0.4 is 5.63 Å². The summed E-state index contributed by atoms with van der Waals surface area (Å²) in [6.45, 7) is 6.36. The van der Waals surface area contributed by atoms with Crippen molar-refractivity contribution >= 4 is 22.7 Å². The Hall–Kier alpha value is -1.22. The summed E-state index contributed by atoms with van der Waals surface area (Å²) >= 11 is 1.74. The molecule has 0 spiro atoms. The average molecular weight is 248 g/mol. The molecule has 1 heterocycles. The van der Waals surface area contributed by atoms with Gasteiger partial charge in [-0.1, -0.05) is 25.5 Å². The second kappa shape index (κ2) is 4.96. The van der Waals surface area contributed by atoms with E-state index in [0.717, 1.165) is 16.7 Å². The molecule has 3 heteroatoms. The maximum absolute atomic E-state index is 11.5. The Morgan fingerprint density at radius 3 is 2.82 bits per heavy atom. The van der Waals surface area contributed by atoms with E-state index in [9.17, 15) is 4.79 Å². The Kier molecular flexibility index (Phi) is 3.57. The van der Waals surface area contributed by atoms with Gasteiger partial charge in [0.05, 0.1) is 0 Å².